The minimum atomic E-state index is -0.378. The Morgan fingerprint density at radius 3 is 2.80 bits per heavy atom. The van der Waals surface area contributed by atoms with Crippen molar-refractivity contribution in [3.8, 4) is 0 Å². The van der Waals surface area contributed by atoms with Crippen LogP contribution in [0.15, 0.2) is 36.5 Å². The highest BCUT2D eigenvalue weighted by Crippen LogP contribution is 2.26. The van der Waals surface area contributed by atoms with E-state index in [-0.39, 0.29) is 16.9 Å². The number of nitrogens with zero attached hydrogens (tertiary/aromatic N) is 1. The van der Waals surface area contributed by atoms with Crippen LogP contribution in [0.3, 0.4) is 0 Å². The summed E-state index contributed by atoms with van der Waals surface area (Å²) in [6.07, 6.45) is 2.39. The lowest BCUT2D eigenvalue weighted by Gasteiger charge is -2.20. The molecule has 0 bridgehead atoms. The van der Waals surface area contributed by atoms with Crippen LogP contribution in [0.2, 0.25) is 5.02 Å². The third-order valence-electron chi connectivity index (χ3n) is 3.29. The largest absolute Gasteiger partial charge is 0.309 e. The van der Waals surface area contributed by atoms with Gasteiger partial charge in [0.15, 0.2) is 0 Å². The lowest BCUT2D eigenvalue weighted by Crippen LogP contribution is -2.25. The van der Waals surface area contributed by atoms with Gasteiger partial charge in [-0.15, -0.1) is 0 Å². The maximum atomic E-state index is 13.5. The maximum Gasteiger partial charge on any atom is 0.142 e. The van der Waals surface area contributed by atoms with Crippen molar-refractivity contribution in [2.24, 2.45) is 0 Å². The molecule has 1 atom stereocenters. The van der Waals surface area contributed by atoms with Crippen molar-refractivity contribution in [2.45, 2.75) is 26.3 Å². The van der Waals surface area contributed by atoms with Gasteiger partial charge in [-0.1, -0.05) is 36.7 Å². The smallest absolute Gasteiger partial charge is 0.142 e. The Kier molecular flexibility index (Phi) is 5.10. The number of aryl methyl sites for hydroxylation is 1. The van der Waals surface area contributed by atoms with E-state index >= 15 is 0 Å². The van der Waals surface area contributed by atoms with Gasteiger partial charge >= 0.3 is 0 Å². The average Bonchev–Trinajstić information content (AvgIpc) is 2.44. The van der Waals surface area contributed by atoms with Gasteiger partial charge in [0, 0.05) is 6.20 Å². The quantitative estimate of drug-likeness (QED) is 0.898. The Hall–Kier alpha value is -1.45. The second kappa shape index (κ2) is 6.82. The molecule has 20 heavy (non-hydrogen) atoms. The van der Waals surface area contributed by atoms with Crippen molar-refractivity contribution in [2.75, 3.05) is 6.54 Å². The van der Waals surface area contributed by atoms with Crippen LogP contribution < -0.4 is 5.32 Å². The predicted molar refractivity (Wildman–Crippen MR) is 80.5 cm³/mol. The second-order valence-electron chi connectivity index (χ2n) is 4.73. The SMILES string of the molecule is CCNC(Cc1cccc(F)c1Cl)c1ncccc1C. The first-order valence-electron chi connectivity index (χ1n) is 6.71. The summed E-state index contributed by atoms with van der Waals surface area (Å²) < 4.78 is 13.5. The molecule has 0 radical (unpaired) electrons. The number of benzene rings is 1. The number of hydrogen-bond acceptors (Lipinski definition) is 2. The summed E-state index contributed by atoms with van der Waals surface area (Å²) in [4.78, 5) is 4.45. The molecule has 1 unspecified atom stereocenters. The molecule has 0 aliphatic carbocycles. The van der Waals surface area contributed by atoms with Crippen molar-refractivity contribution < 1.29 is 4.39 Å². The van der Waals surface area contributed by atoms with Gasteiger partial charge in [-0.05, 0) is 43.1 Å². The number of pyridine rings is 1. The summed E-state index contributed by atoms with van der Waals surface area (Å²) in [5.74, 6) is -0.378. The number of aromatic nitrogens is 1. The Morgan fingerprint density at radius 1 is 1.30 bits per heavy atom. The van der Waals surface area contributed by atoms with E-state index < -0.39 is 0 Å². The van der Waals surface area contributed by atoms with Crippen molar-refractivity contribution >= 4 is 11.6 Å². The van der Waals surface area contributed by atoms with Gasteiger partial charge < -0.3 is 5.32 Å². The Morgan fingerprint density at radius 2 is 2.10 bits per heavy atom. The van der Waals surface area contributed by atoms with Crippen LogP contribution in [0.4, 0.5) is 4.39 Å². The molecule has 4 heteroatoms. The van der Waals surface area contributed by atoms with E-state index in [1.165, 1.54) is 6.07 Å². The molecule has 0 saturated carbocycles. The summed E-state index contributed by atoms with van der Waals surface area (Å²) in [6, 6.07) is 8.89. The third kappa shape index (κ3) is 3.35. The summed E-state index contributed by atoms with van der Waals surface area (Å²) in [6.45, 7) is 4.88. The number of rotatable bonds is 5. The molecule has 2 nitrogen and oxygen atoms in total. The molecule has 106 valence electrons. The van der Waals surface area contributed by atoms with Crippen molar-refractivity contribution in [3.05, 3.63) is 64.2 Å². The highest BCUT2D eigenvalue weighted by Gasteiger charge is 2.17. The first-order valence-corrected chi connectivity index (χ1v) is 7.09. The molecule has 2 aromatic rings. The normalized spacial score (nSPS) is 12.4. The van der Waals surface area contributed by atoms with Gasteiger partial charge in [-0.25, -0.2) is 4.39 Å². The molecule has 0 amide bonds. The lowest BCUT2D eigenvalue weighted by molar-refractivity contribution is 0.531. The molecular weight excluding hydrogens is 275 g/mol. The van der Waals surface area contributed by atoms with Crippen LogP contribution in [0.25, 0.3) is 0 Å². The lowest BCUT2D eigenvalue weighted by atomic mass is 9.99. The van der Waals surface area contributed by atoms with Crippen LogP contribution in [0.1, 0.15) is 29.8 Å². The summed E-state index contributed by atoms with van der Waals surface area (Å²) >= 11 is 6.04. The molecule has 2 rings (SSSR count). The first-order chi connectivity index (χ1) is 9.63. The summed E-state index contributed by atoms with van der Waals surface area (Å²) in [5, 5.41) is 3.59. The Bertz CT molecular complexity index is 586. The topological polar surface area (TPSA) is 24.9 Å². The molecule has 0 aliphatic heterocycles. The fraction of sp³-hybridized carbons (Fsp3) is 0.312. The van der Waals surface area contributed by atoms with Crippen LogP contribution in [-0.2, 0) is 6.42 Å². The number of likely N-dealkylation sites (N-methyl/N-ethyl adjacent to an activating group) is 1. The summed E-state index contributed by atoms with van der Waals surface area (Å²) in [5.41, 5.74) is 2.89. The van der Waals surface area contributed by atoms with Gasteiger partial charge in [0.05, 0.1) is 16.8 Å². The van der Waals surface area contributed by atoms with E-state index in [0.29, 0.717) is 6.42 Å². The van der Waals surface area contributed by atoms with Crippen LogP contribution in [0.5, 0.6) is 0 Å². The summed E-state index contributed by atoms with van der Waals surface area (Å²) in [7, 11) is 0. The Labute approximate surface area is 124 Å². The molecule has 0 saturated heterocycles. The van der Waals surface area contributed by atoms with Crippen molar-refractivity contribution in [1.29, 1.82) is 0 Å². The molecule has 1 heterocycles. The molecule has 1 N–H and O–H groups in total. The maximum absolute atomic E-state index is 13.5. The van der Waals surface area contributed by atoms with Crippen molar-refractivity contribution in [3.63, 3.8) is 0 Å². The molecule has 0 fully saturated rings. The van der Waals surface area contributed by atoms with Crippen LogP contribution in [0, 0.1) is 12.7 Å². The van der Waals surface area contributed by atoms with E-state index in [4.69, 9.17) is 11.6 Å². The molecule has 1 aromatic carbocycles. The zero-order chi connectivity index (χ0) is 14.5. The minimum absolute atomic E-state index is 0.0282. The minimum Gasteiger partial charge on any atom is -0.309 e. The van der Waals surface area contributed by atoms with E-state index in [1.54, 1.807) is 12.3 Å². The fourth-order valence-electron chi connectivity index (χ4n) is 2.30. The third-order valence-corrected chi connectivity index (χ3v) is 3.71. The molecular formula is C16H18ClFN2. The zero-order valence-corrected chi connectivity index (χ0v) is 12.4. The second-order valence-corrected chi connectivity index (χ2v) is 5.11. The molecule has 0 aliphatic rings. The monoisotopic (exact) mass is 292 g/mol. The van der Waals surface area contributed by atoms with Gasteiger partial charge in [0.1, 0.15) is 5.82 Å². The van der Waals surface area contributed by atoms with E-state index in [9.17, 15) is 4.39 Å². The van der Waals surface area contributed by atoms with E-state index in [2.05, 4.69) is 10.3 Å². The average molecular weight is 293 g/mol. The molecule has 1 aromatic heterocycles. The van der Waals surface area contributed by atoms with Gasteiger partial charge in [0.2, 0.25) is 0 Å². The van der Waals surface area contributed by atoms with Gasteiger partial charge in [0.25, 0.3) is 0 Å². The van der Waals surface area contributed by atoms with E-state index in [1.807, 2.05) is 32.0 Å². The van der Waals surface area contributed by atoms with Crippen LogP contribution >= 0.6 is 11.6 Å². The Balaban J connectivity index is 2.31. The molecule has 0 spiro atoms. The highest BCUT2D eigenvalue weighted by molar-refractivity contribution is 6.31. The van der Waals surface area contributed by atoms with Gasteiger partial charge in [-0.2, -0.15) is 0 Å². The van der Waals surface area contributed by atoms with Crippen LogP contribution in [-0.4, -0.2) is 11.5 Å². The van der Waals surface area contributed by atoms with E-state index in [0.717, 1.165) is 23.4 Å². The highest BCUT2D eigenvalue weighted by atomic mass is 35.5. The number of hydrogen-bond donors (Lipinski definition) is 1. The predicted octanol–water partition coefficient (Wildman–Crippen LogP) is 4.08. The van der Waals surface area contributed by atoms with Crippen molar-refractivity contribution in [1.82, 2.24) is 10.3 Å². The van der Waals surface area contributed by atoms with Gasteiger partial charge in [-0.3, -0.25) is 4.98 Å². The number of nitrogens with one attached hydrogen (secondary N) is 1. The standard InChI is InChI=1S/C16H18ClFN2/c1-3-19-14(16-11(2)6-5-9-20-16)10-12-7-4-8-13(18)15(12)17/h4-9,14,19H,3,10H2,1-2H3. The fourth-order valence-corrected chi connectivity index (χ4v) is 2.50. The number of halogens is 2. The first kappa shape index (κ1) is 14.9. The zero-order valence-electron chi connectivity index (χ0n) is 11.7.